The number of hydrogen-bond donors (Lipinski definition) is 2. The molecule has 7 heteroatoms. The molecule has 6 nitrogen and oxygen atoms in total. The molecule has 0 bridgehead atoms. The number of anilines is 1. The van der Waals surface area contributed by atoms with Crippen molar-refractivity contribution >= 4 is 29.1 Å². The molecule has 1 fully saturated rings. The van der Waals surface area contributed by atoms with E-state index in [4.69, 9.17) is 16.3 Å². The Morgan fingerprint density at radius 1 is 1.42 bits per heavy atom. The molecule has 132 valence electrons. The summed E-state index contributed by atoms with van der Waals surface area (Å²) in [7, 11) is 1.67. The van der Waals surface area contributed by atoms with Crippen molar-refractivity contribution in [3.63, 3.8) is 0 Å². The fraction of sp³-hybridized carbons (Fsp3) is 0.529. The van der Waals surface area contributed by atoms with Gasteiger partial charge in [0.25, 0.3) is 5.91 Å². The number of benzene rings is 1. The Balaban J connectivity index is 1.97. The van der Waals surface area contributed by atoms with Gasteiger partial charge >= 0.3 is 0 Å². The van der Waals surface area contributed by atoms with Gasteiger partial charge in [0.15, 0.2) is 0 Å². The van der Waals surface area contributed by atoms with Crippen LogP contribution < -0.4 is 10.6 Å². The zero-order valence-electron chi connectivity index (χ0n) is 14.1. The number of methoxy groups -OCH3 is 1. The molecule has 2 rings (SSSR count). The molecule has 24 heavy (non-hydrogen) atoms. The van der Waals surface area contributed by atoms with Gasteiger partial charge in [0.05, 0.1) is 23.1 Å². The van der Waals surface area contributed by atoms with Gasteiger partial charge in [0.2, 0.25) is 5.91 Å². The summed E-state index contributed by atoms with van der Waals surface area (Å²) in [4.78, 5) is 26.6. The molecule has 1 aliphatic heterocycles. The third-order valence-electron chi connectivity index (χ3n) is 4.07. The first kappa shape index (κ1) is 18.7. The fourth-order valence-electron chi connectivity index (χ4n) is 2.75. The number of nitrogens with one attached hydrogen (secondary N) is 2. The molecule has 0 saturated carbocycles. The van der Waals surface area contributed by atoms with E-state index in [-0.39, 0.29) is 17.7 Å². The van der Waals surface area contributed by atoms with E-state index in [1.807, 2.05) is 6.92 Å². The number of carbonyl (C=O) groups excluding carboxylic acids is 2. The molecule has 1 aromatic carbocycles. The Labute approximate surface area is 147 Å². The van der Waals surface area contributed by atoms with E-state index >= 15 is 0 Å². The summed E-state index contributed by atoms with van der Waals surface area (Å²) >= 11 is 6.07. The monoisotopic (exact) mass is 353 g/mol. The maximum Gasteiger partial charge on any atom is 0.252 e. The highest BCUT2D eigenvalue weighted by atomic mass is 35.5. The van der Waals surface area contributed by atoms with Crippen molar-refractivity contribution in [3.8, 4) is 0 Å². The van der Waals surface area contributed by atoms with Crippen molar-refractivity contribution in [2.75, 3.05) is 45.2 Å². The molecule has 1 aliphatic rings. The van der Waals surface area contributed by atoms with Gasteiger partial charge in [0, 0.05) is 32.4 Å². The van der Waals surface area contributed by atoms with Gasteiger partial charge in [0.1, 0.15) is 0 Å². The van der Waals surface area contributed by atoms with Crippen LogP contribution >= 0.6 is 11.6 Å². The number of halogens is 1. The minimum absolute atomic E-state index is 0.0286. The van der Waals surface area contributed by atoms with Gasteiger partial charge in [-0.3, -0.25) is 9.59 Å². The Kier molecular flexibility index (Phi) is 7.02. The Bertz CT molecular complexity index is 594. The first-order chi connectivity index (χ1) is 11.5. The number of amides is 2. The average molecular weight is 354 g/mol. The molecular formula is C17H24ClN3O3. The zero-order valence-corrected chi connectivity index (χ0v) is 14.9. The minimum Gasteiger partial charge on any atom is -0.383 e. The standard InChI is InChI=1S/C17H24ClN3O3/c1-3-19-17(23)14-10-13(4-5-15(14)18)20-16(22)12-6-7-21(11-12)8-9-24-2/h4-5,10,12H,3,6-9,11H2,1-2H3,(H,19,23)(H,20,22). The molecule has 1 unspecified atom stereocenters. The van der Waals surface area contributed by atoms with Gasteiger partial charge in [-0.1, -0.05) is 11.6 Å². The second-order valence-corrected chi connectivity index (χ2v) is 6.23. The van der Waals surface area contributed by atoms with Crippen molar-refractivity contribution < 1.29 is 14.3 Å². The van der Waals surface area contributed by atoms with E-state index in [2.05, 4.69) is 15.5 Å². The molecule has 1 atom stereocenters. The maximum atomic E-state index is 12.4. The lowest BCUT2D eigenvalue weighted by Crippen LogP contribution is -2.29. The van der Waals surface area contributed by atoms with Crippen molar-refractivity contribution in [1.29, 1.82) is 0 Å². The Hall–Kier alpha value is -1.63. The minimum atomic E-state index is -0.245. The zero-order chi connectivity index (χ0) is 17.5. The SMILES string of the molecule is CCNC(=O)c1cc(NC(=O)C2CCN(CCOC)C2)ccc1Cl. The number of nitrogens with zero attached hydrogens (tertiary/aromatic N) is 1. The highest BCUT2D eigenvalue weighted by Gasteiger charge is 2.28. The highest BCUT2D eigenvalue weighted by molar-refractivity contribution is 6.34. The first-order valence-electron chi connectivity index (χ1n) is 8.15. The third-order valence-corrected chi connectivity index (χ3v) is 4.40. The molecule has 0 radical (unpaired) electrons. The van der Waals surface area contributed by atoms with Crippen LogP contribution in [0.15, 0.2) is 18.2 Å². The predicted molar refractivity (Wildman–Crippen MR) is 94.5 cm³/mol. The number of rotatable bonds is 7. The summed E-state index contributed by atoms with van der Waals surface area (Å²) in [5, 5.41) is 5.96. The summed E-state index contributed by atoms with van der Waals surface area (Å²) in [6, 6.07) is 4.95. The van der Waals surface area contributed by atoms with Crippen LogP contribution in [0, 0.1) is 5.92 Å². The molecule has 0 spiro atoms. The third kappa shape index (κ3) is 4.93. The number of ether oxygens (including phenoxy) is 1. The normalized spacial score (nSPS) is 17.7. The Morgan fingerprint density at radius 3 is 2.92 bits per heavy atom. The number of carbonyl (C=O) groups is 2. The van der Waals surface area contributed by atoms with Gasteiger partial charge < -0.3 is 20.3 Å². The van der Waals surface area contributed by atoms with Crippen molar-refractivity contribution in [2.45, 2.75) is 13.3 Å². The van der Waals surface area contributed by atoms with E-state index < -0.39 is 0 Å². The number of hydrogen-bond acceptors (Lipinski definition) is 4. The van der Waals surface area contributed by atoms with Crippen LogP contribution in [0.1, 0.15) is 23.7 Å². The van der Waals surface area contributed by atoms with Gasteiger partial charge in [-0.25, -0.2) is 0 Å². The lowest BCUT2D eigenvalue weighted by molar-refractivity contribution is -0.119. The molecule has 1 heterocycles. The summed E-state index contributed by atoms with van der Waals surface area (Å²) in [5.41, 5.74) is 0.949. The summed E-state index contributed by atoms with van der Waals surface area (Å²) in [6.45, 7) is 5.49. The quantitative estimate of drug-likeness (QED) is 0.786. The van der Waals surface area contributed by atoms with Crippen LogP contribution in [0.2, 0.25) is 5.02 Å². The smallest absolute Gasteiger partial charge is 0.252 e. The first-order valence-corrected chi connectivity index (χ1v) is 8.52. The molecule has 2 N–H and O–H groups in total. The van der Waals surface area contributed by atoms with Crippen LogP contribution in [0.3, 0.4) is 0 Å². The topological polar surface area (TPSA) is 70.7 Å². The lowest BCUT2D eigenvalue weighted by Gasteiger charge is -2.15. The van der Waals surface area contributed by atoms with E-state index in [0.717, 1.165) is 26.1 Å². The summed E-state index contributed by atoms with van der Waals surface area (Å²) < 4.78 is 5.07. The molecule has 1 aromatic rings. The predicted octanol–water partition coefficient (Wildman–Crippen LogP) is 2.00. The van der Waals surface area contributed by atoms with Crippen molar-refractivity contribution in [3.05, 3.63) is 28.8 Å². The lowest BCUT2D eigenvalue weighted by atomic mass is 10.1. The van der Waals surface area contributed by atoms with Crippen LogP contribution in [0.4, 0.5) is 5.69 Å². The van der Waals surface area contributed by atoms with Crippen LogP contribution in [-0.2, 0) is 9.53 Å². The van der Waals surface area contributed by atoms with E-state index in [1.165, 1.54) is 0 Å². The van der Waals surface area contributed by atoms with Gasteiger partial charge in [-0.15, -0.1) is 0 Å². The van der Waals surface area contributed by atoms with E-state index in [9.17, 15) is 9.59 Å². The molecule has 0 aliphatic carbocycles. The summed E-state index contributed by atoms with van der Waals surface area (Å²) in [5.74, 6) is -0.324. The van der Waals surface area contributed by atoms with Crippen LogP contribution in [0.5, 0.6) is 0 Å². The second kappa shape index (κ2) is 9.01. The fourth-order valence-corrected chi connectivity index (χ4v) is 2.95. The largest absolute Gasteiger partial charge is 0.383 e. The highest BCUT2D eigenvalue weighted by Crippen LogP contribution is 2.23. The Morgan fingerprint density at radius 2 is 2.21 bits per heavy atom. The molecular weight excluding hydrogens is 330 g/mol. The molecule has 0 aromatic heterocycles. The van der Waals surface area contributed by atoms with E-state index in [0.29, 0.717) is 29.4 Å². The molecule has 1 saturated heterocycles. The van der Waals surface area contributed by atoms with Gasteiger partial charge in [-0.05, 0) is 38.1 Å². The summed E-state index contributed by atoms with van der Waals surface area (Å²) in [6.07, 6.45) is 0.826. The maximum absolute atomic E-state index is 12.4. The van der Waals surface area contributed by atoms with Crippen molar-refractivity contribution in [1.82, 2.24) is 10.2 Å². The average Bonchev–Trinajstić information content (AvgIpc) is 3.04. The van der Waals surface area contributed by atoms with Crippen LogP contribution in [-0.4, -0.2) is 56.6 Å². The van der Waals surface area contributed by atoms with E-state index in [1.54, 1.807) is 25.3 Å². The van der Waals surface area contributed by atoms with Gasteiger partial charge in [-0.2, -0.15) is 0 Å². The number of likely N-dealkylation sites (tertiary alicyclic amines) is 1. The second-order valence-electron chi connectivity index (χ2n) is 5.82. The van der Waals surface area contributed by atoms with Crippen LogP contribution in [0.25, 0.3) is 0 Å². The van der Waals surface area contributed by atoms with Crippen molar-refractivity contribution in [2.24, 2.45) is 5.92 Å². The molecule has 2 amide bonds.